The fraction of sp³-hybridized carbons (Fsp3) is 0.111. The van der Waals surface area contributed by atoms with Crippen molar-refractivity contribution in [3.8, 4) is 6.07 Å². The number of nitriles is 1. The molecule has 54 valence electrons. The highest BCUT2D eigenvalue weighted by molar-refractivity contribution is 5.47. The van der Waals surface area contributed by atoms with Gasteiger partial charge in [-0.1, -0.05) is 18.2 Å². The third-order valence-corrected chi connectivity index (χ3v) is 1.26. The highest BCUT2D eigenvalue weighted by atomic mass is 14.7. The fourth-order valence-electron chi connectivity index (χ4n) is 0.762. The first-order valence-electron chi connectivity index (χ1n) is 3.35. The van der Waals surface area contributed by atoms with Gasteiger partial charge in [-0.05, 0) is 18.6 Å². The zero-order valence-electron chi connectivity index (χ0n) is 6.28. The van der Waals surface area contributed by atoms with Gasteiger partial charge in [0, 0.05) is 6.20 Å². The van der Waals surface area contributed by atoms with Crippen LogP contribution in [0.15, 0.2) is 24.4 Å². The Balaban J connectivity index is 2.94. The van der Waals surface area contributed by atoms with Gasteiger partial charge in [-0.3, -0.25) is 0 Å². The summed E-state index contributed by atoms with van der Waals surface area (Å²) < 4.78 is 0. The summed E-state index contributed by atoms with van der Waals surface area (Å²) in [5.41, 5.74) is 1.48. The third kappa shape index (κ3) is 1.91. The lowest BCUT2D eigenvalue weighted by Gasteiger charge is -1.90. The number of pyridine rings is 1. The Kier molecular flexibility index (Phi) is 2.40. The molecule has 0 bridgehead atoms. The zero-order valence-corrected chi connectivity index (χ0v) is 6.28. The summed E-state index contributed by atoms with van der Waals surface area (Å²) in [6, 6.07) is 5.53. The minimum absolute atomic E-state index is 0.457. The first kappa shape index (κ1) is 7.49. The Morgan fingerprint density at radius 2 is 2.36 bits per heavy atom. The molecule has 1 rings (SSSR count). The van der Waals surface area contributed by atoms with E-state index in [4.69, 9.17) is 5.26 Å². The molecule has 0 fully saturated rings. The van der Waals surface area contributed by atoms with Crippen molar-refractivity contribution in [1.29, 1.82) is 5.26 Å². The number of allylic oxidation sites excluding steroid dienone is 1. The summed E-state index contributed by atoms with van der Waals surface area (Å²) in [5, 5.41) is 8.43. The zero-order chi connectivity index (χ0) is 8.10. The lowest BCUT2D eigenvalue weighted by atomic mass is 10.2. The average Bonchev–Trinajstić information content (AvgIpc) is 2.07. The van der Waals surface area contributed by atoms with Gasteiger partial charge in [-0.2, -0.15) is 5.26 Å². The van der Waals surface area contributed by atoms with E-state index in [2.05, 4.69) is 4.98 Å². The molecule has 11 heavy (non-hydrogen) atoms. The van der Waals surface area contributed by atoms with Gasteiger partial charge in [0.05, 0.1) is 0 Å². The van der Waals surface area contributed by atoms with E-state index in [0.29, 0.717) is 5.69 Å². The first-order valence-corrected chi connectivity index (χ1v) is 3.35. The number of nitrogens with zero attached hydrogens (tertiary/aromatic N) is 2. The van der Waals surface area contributed by atoms with Gasteiger partial charge in [0.25, 0.3) is 0 Å². The smallest absolute Gasteiger partial charge is 0.140 e. The Labute approximate surface area is 65.8 Å². The molecule has 0 unspecified atom stereocenters. The second kappa shape index (κ2) is 3.52. The van der Waals surface area contributed by atoms with Crippen molar-refractivity contribution in [2.24, 2.45) is 0 Å². The van der Waals surface area contributed by atoms with Gasteiger partial charge >= 0.3 is 0 Å². The van der Waals surface area contributed by atoms with E-state index in [9.17, 15) is 0 Å². The van der Waals surface area contributed by atoms with Crippen LogP contribution in [0.2, 0.25) is 0 Å². The highest BCUT2D eigenvalue weighted by Crippen LogP contribution is 2.00. The molecule has 0 saturated carbocycles. The highest BCUT2D eigenvalue weighted by Gasteiger charge is 1.88. The predicted molar refractivity (Wildman–Crippen MR) is 43.7 cm³/mol. The Morgan fingerprint density at radius 3 is 2.82 bits per heavy atom. The lowest BCUT2D eigenvalue weighted by molar-refractivity contribution is 1.25. The molecule has 2 heteroatoms. The number of hydrogen-bond donors (Lipinski definition) is 0. The predicted octanol–water partition coefficient (Wildman–Crippen LogP) is 1.99. The molecule has 0 aliphatic carbocycles. The van der Waals surface area contributed by atoms with E-state index in [0.717, 1.165) is 5.56 Å². The molecular formula is C9H8N2. The van der Waals surface area contributed by atoms with Crippen LogP contribution in [0.25, 0.3) is 6.08 Å². The van der Waals surface area contributed by atoms with E-state index in [1.54, 1.807) is 12.3 Å². The van der Waals surface area contributed by atoms with Crippen LogP contribution in [0.1, 0.15) is 18.2 Å². The molecule has 0 radical (unpaired) electrons. The van der Waals surface area contributed by atoms with E-state index < -0.39 is 0 Å². The lowest BCUT2D eigenvalue weighted by Crippen LogP contribution is -1.80. The van der Waals surface area contributed by atoms with Crippen LogP contribution >= 0.6 is 0 Å². The van der Waals surface area contributed by atoms with Crippen LogP contribution in [-0.4, -0.2) is 4.98 Å². The molecule has 2 nitrogen and oxygen atoms in total. The van der Waals surface area contributed by atoms with E-state index in [1.165, 1.54) is 0 Å². The quantitative estimate of drug-likeness (QED) is 0.604. The van der Waals surface area contributed by atoms with Gasteiger partial charge < -0.3 is 0 Å². The number of aromatic nitrogens is 1. The van der Waals surface area contributed by atoms with Crippen LogP contribution < -0.4 is 0 Å². The van der Waals surface area contributed by atoms with Crippen molar-refractivity contribution in [2.75, 3.05) is 0 Å². The summed E-state index contributed by atoms with van der Waals surface area (Å²) in [6.45, 7) is 1.94. The van der Waals surface area contributed by atoms with Gasteiger partial charge in [0.15, 0.2) is 0 Å². The maximum Gasteiger partial charge on any atom is 0.140 e. The molecule has 0 saturated heterocycles. The average molecular weight is 144 g/mol. The van der Waals surface area contributed by atoms with E-state index >= 15 is 0 Å². The minimum atomic E-state index is 0.457. The largest absolute Gasteiger partial charge is 0.245 e. The SMILES string of the molecule is C/C=C/c1ccc(C#N)nc1. The molecule has 0 N–H and O–H groups in total. The van der Waals surface area contributed by atoms with Crippen molar-refractivity contribution in [2.45, 2.75) is 6.92 Å². The Bertz CT molecular complexity index is 290. The molecule has 1 aromatic rings. The molecule has 0 atom stereocenters. The van der Waals surface area contributed by atoms with Gasteiger partial charge in [0.2, 0.25) is 0 Å². The Morgan fingerprint density at radius 1 is 1.55 bits per heavy atom. The topological polar surface area (TPSA) is 36.7 Å². The normalized spacial score (nSPS) is 9.82. The fourth-order valence-corrected chi connectivity index (χ4v) is 0.762. The monoisotopic (exact) mass is 144 g/mol. The standard InChI is InChI=1S/C9H8N2/c1-2-3-8-4-5-9(6-10)11-7-8/h2-5,7H,1H3/b3-2+. The maximum absolute atomic E-state index is 8.43. The summed E-state index contributed by atoms with van der Waals surface area (Å²) >= 11 is 0. The van der Waals surface area contributed by atoms with Crippen molar-refractivity contribution in [3.05, 3.63) is 35.7 Å². The second-order valence-electron chi connectivity index (χ2n) is 2.09. The van der Waals surface area contributed by atoms with E-state index in [1.807, 2.05) is 31.2 Å². The molecule has 1 aromatic heterocycles. The van der Waals surface area contributed by atoms with Crippen LogP contribution in [0.4, 0.5) is 0 Å². The van der Waals surface area contributed by atoms with Gasteiger partial charge in [-0.15, -0.1) is 0 Å². The molecule has 0 aliphatic rings. The minimum Gasteiger partial charge on any atom is -0.245 e. The van der Waals surface area contributed by atoms with Crippen LogP contribution in [0.3, 0.4) is 0 Å². The van der Waals surface area contributed by atoms with Crippen LogP contribution in [-0.2, 0) is 0 Å². The molecule has 0 amide bonds. The Hall–Kier alpha value is -1.62. The van der Waals surface area contributed by atoms with Gasteiger partial charge in [0.1, 0.15) is 11.8 Å². The summed E-state index contributed by atoms with van der Waals surface area (Å²) in [4.78, 5) is 3.90. The summed E-state index contributed by atoms with van der Waals surface area (Å²) in [7, 11) is 0. The molecule has 0 aliphatic heterocycles. The second-order valence-corrected chi connectivity index (χ2v) is 2.09. The van der Waals surface area contributed by atoms with Crippen LogP contribution in [0.5, 0.6) is 0 Å². The van der Waals surface area contributed by atoms with Gasteiger partial charge in [-0.25, -0.2) is 4.98 Å². The molecule has 0 aromatic carbocycles. The van der Waals surface area contributed by atoms with Crippen molar-refractivity contribution in [1.82, 2.24) is 4.98 Å². The summed E-state index contributed by atoms with van der Waals surface area (Å²) in [5.74, 6) is 0. The molecule has 0 spiro atoms. The summed E-state index contributed by atoms with van der Waals surface area (Å²) in [6.07, 6.45) is 5.55. The van der Waals surface area contributed by atoms with Crippen molar-refractivity contribution < 1.29 is 0 Å². The number of hydrogen-bond acceptors (Lipinski definition) is 2. The third-order valence-electron chi connectivity index (χ3n) is 1.26. The van der Waals surface area contributed by atoms with Crippen molar-refractivity contribution >= 4 is 6.08 Å². The first-order chi connectivity index (χ1) is 5.36. The molecule has 1 heterocycles. The maximum atomic E-state index is 8.43. The van der Waals surface area contributed by atoms with Crippen LogP contribution in [0, 0.1) is 11.3 Å². The van der Waals surface area contributed by atoms with Crippen molar-refractivity contribution in [3.63, 3.8) is 0 Å². The molecular weight excluding hydrogens is 136 g/mol. The number of rotatable bonds is 1. The van der Waals surface area contributed by atoms with E-state index in [-0.39, 0.29) is 0 Å².